The number of aromatic nitrogens is 1. The van der Waals surface area contributed by atoms with Gasteiger partial charge in [-0.1, -0.05) is 42.5 Å². The van der Waals surface area contributed by atoms with Crippen molar-refractivity contribution < 1.29 is 18.7 Å². The van der Waals surface area contributed by atoms with Crippen molar-refractivity contribution in [3.63, 3.8) is 0 Å². The van der Waals surface area contributed by atoms with Crippen LogP contribution in [-0.2, 0) is 11.3 Å². The summed E-state index contributed by atoms with van der Waals surface area (Å²) in [5.74, 6) is -0.413. The number of para-hydroxylation sites is 1. The minimum Gasteiger partial charge on any atom is -0.489 e. The number of fused-ring (bicyclic) bond motifs is 1. The molecule has 1 aromatic heterocycles. The highest BCUT2D eigenvalue weighted by molar-refractivity contribution is 5.99. The first-order chi connectivity index (χ1) is 14.6. The normalized spacial score (nSPS) is 10.6. The van der Waals surface area contributed by atoms with Crippen LogP contribution in [0.25, 0.3) is 10.9 Å². The van der Waals surface area contributed by atoms with Gasteiger partial charge in [-0.3, -0.25) is 0 Å². The molecule has 0 radical (unpaired) electrons. The van der Waals surface area contributed by atoms with Crippen molar-refractivity contribution in [3.8, 4) is 5.75 Å². The minimum absolute atomic E-state index is 0.0282. The molecule has 0 aliphatic heterocycles. The van der Waals surface area contributed by atoms with Gasteiger partial charge in [0.2, 0.25) is 0 Å². The highest BCUT2D eigenvalue weighted by atomic mass is 19.1. The number of nitrogens with zero attached hydrogens (tertiary/aromatic N) is 1. The predicted molar refractivity (Wildman–Crippen MR) is 114 cm³/mol. The Morgan fingerprint density at radius 3 is 2.50 bits per heavy atom. The SMILES string of the molecule is COC(=O)c1cc(Nc2ccc(OCc3ccccc3)cc2)c2cccc(F)c2n1. The molecule has 0 saturated carbocycles. The number of carbonyl (C=O) groups excluding carboxylic acids is 1. The molecule has 1 N–H and O–H groups in total. The molecule has 0 aliphatic rings. The van der Waals surface area contributed by atoms with Gasteiger partial charge in [0.25, 0.3) is 0 Å². The first-order valence-electron chi connectivity index (χ1n) is 9.35. The van der Waals surface area contributed by atoms with Gasteiger partial charge in [-0.2, -0.15) is 0 Å². The Bertz CT molecular complexity index is 1180. The summed E-state index contributed by atoms with van der Waals surface area (Å²) in [5, 5.41) is 3.79. The Morgan fingerprint density at radius 2 is 1.77 bits per heavy atom. The summed E-state index contributed by atoms with van der Waals surface area (Å²) in [7, 11) is 1.26. The van der Waals surface area contributed by atoms with E-state index in [1.807, 2.05) is 54.6 Å². The maximum absolute atomic E-state index is 14.3. The lowest BCUT2D eigenvalue weighted by Gasteiger charge is -2.13. The van der Waals surface area contributed by atoms with Crippen LogP contribution in [0.5, 0.6) is 5.75 Å². The summed E-state index contributed by atoms with van der Waals surface area (Å²) >= 11 is 0. The average molecular weight is 402 g/mol. The van der Waals surface area contributed by atoms with E-state index in [9.17, 15) is 9.18 Å². The van der Waals surface area contributed by atoms with Gasteiger partial charge >= 0.3 is 5.97 Å². The third-order valence-electron chi connectivity index (χ3n) is 4.57. The average Bonchev–Trinajstić information content (AvgIpc) is 2.79. The largest absolute Gasteiger partial charge is 0.489 e. The Balaban J connectivity index is 1.57. The van der Waals surface area contributed by atoms with E-state index >= 15 is 0 Å². The van der Waals surface area contributed by atoms with Crippen LogP contribution in [0.1, 0.15) is 16.1 Å². The fourth-order valence-corrected chi connectivity index (χ4v) is 3.06. The summed E-state index contributed by atoms with van der Waals surface area (Å²) in [6.45, 7) is 0.477. The van der Waals surface area contributed by atoms with E-state index in [4.69, 9.17) is 9.47 Å². The molecule has 4 rings (SSSR count). The smallest absolute Gasteiger partial charge is 0.356 e. The molecule has 0 bridgehead atoms. The maximum atomic E-state index is 14.3. The monoisotopic (exact) mass is 402 g/mol. The Labute approximate surface area is 173 Å². The van der Waals surface area contributed by atoms with Crippen molar-refractivity contribution in [2.75, 3.05) is 12.4 Å². The number of carbonyl (C=O) groups is 1. The van der Waals surface area contributed by atoms with Crippen LogP contribution < -0.4 is 10.1 Å². The quantitative estimate of drug-likeness (QED) is 0.433. The molecule has 0 atom stereocenters. The Hall–Kier alpha value is -3.93. The number of methoxy groups -OCH3 is 1. The zero-order chi connectivity index (χ0) is 20.9. The van der Waals surface area contributed by atoms with Crippen molar-refractivity contribution in [2.24, 2.45) is 0 Å². The molecular weight excluding hydrogens is 383 g/mol. The van der Waals surface area contributed by atoms with Crippen molar-refractivity contribution in [3.05, 3.63) is 95.9 Å². The Morgan fingerprint density at radius 1 is 1.00 bits per heavy atom. The van der Waals surface area contributed by atoms with Crippen LogP contribution in [0.4, 0.5) is 15.8 Å². The number of esters is 1. The van der Waals surface area contributed by atoms with Gasteiger partial charge in [0, 0.05) is 11.1 Å². The molecule has 1 heterocycles. The summed E-state index contributed by atoms with van der Waals surface area (Å²) in [6.07, 6.45) is 0. The van der Waals surface area contributed by atoms with E-state index in [0.29, 0.717) is 17.7 Å². The van der Waals surface area contributed by atoms with Gasteiger partial charge in [-0.25, -0.2) is 14.2 Å². The third kappa shape index (κ3) is 4.22. The lowest BCUT2D eigenvalue weighted by molar-refractivity contribution is 0.0594. The minimum atomic E-state index is -0.632. The summed E-state index contributed by atoms with van der Waals surface area (Å²) in [5.41, 5.74) is 2.53. The number of nitrogens with one attached hydrogen (secondary N) is 1. The highest BCUT2D eigenvalue weighted by Gasteiger charge is 2.15. The molecular formula is C24H19FN2O3. The zero-order valence-electron chi connectivity index (χ0n) is 16.3. The third-order valence-corrected chi connectivity index (χ3v) is 4.57. The van der Waals surface area contributed by atoms with Gasteiger partial charge in [0.15, 0.2) is 5.69 Å². The zero-order valence-corrected chi connectivity index (χ0v) is 16.3. The van der Waals surface area contributed by atoms with E-state index < -0.39 is 11.8 Å². The van der Waals surface area contributed by atoms with Gasteiger partial charge in [0.1, 0.15) is 23.7 Å². The molecule has 4 aromatic rings. The lowest BCUT2D eigenvalue weighted by atomic mass is 10.1. The van der Waals surface area contributed by atoms with Gasteiger partial charge in [-0.05, 0) is 42.0 Å². The number of hydrogen-bond acceptors (Lipinski definition) is 5. The van der Waals surface area contributed by atoms with Gasteiger partial charge in [0.05, 0.1) is 12.8 Å². The number of hydrogen-bond donors (Lipinski definition) is 1. The first kappa shape index (κ1) is 19.4. The van der Waals surface area contributed by atoms with E-state index in [-0.39, 0.29) is 11.2 Å². The summed E-state index contributed by atoms with van der Waals surface area (Å²) in [4.78, 5) is 16.1. The molecule has 5 nitrogen and oxygen atoms in total. The molecule has 0 saturated heterocycles. The number of pyridine rings is 1. The number of ether oxygens (including phenoxy) is 2. The van der Waals surface area contributed by atoms with E-state index in [0.717, 1.165) is 17.0 Å². The molecule has 150 valence electrons. The second-order valence-electron chi connectivity index (χ2n) is 6.61. The molecule has 3 aromatic carbocycles. The molecule has 0 fully saturated rings. The Kier molecular flexibility index (Phi) is 5.57. The molecule has 0 spiro atoms. The molecule has 0 amide bonds. The molecule has 0 unspecified atom stereocenters. The van der Waals surface area contributed by atoms with Crippen LogP contribution in [0, 0.1) is 5.82 Å². The molecule has 30 heavy (non-hydrogen) atoms. The molecule has 0 aliphatic carbocycles. The number of anilines is 2. The van der Waals surface area contributed by atoms with Crippen LogP contribution in [0.2, 0.25) is 0 Å². The fourth-order valence-electron chi connectivity index (χ4n) is 3.06. The van der Waals surface area contributed by atoms with E-state index in [1.54, 1.807) is 18.2 Å². The topological polar surface area (TPSA) is 60.5 Å². The standard InChI is InChI=1S/C24H19FN2O3/c1-29-24(28)22-14-21(19-8-5-9-20(25)23(19)27-22)26-17-10-12-18(13-11-17)30-15-16-6-3-2-4-7-16/h2-14H,15H2,1H3,(H,26,27). The van der Waals surface area contributed by atoms with Gasteiger partial charge in [-0.15, -0.1) is 0 Å². The van der Waals surface area contributed by atoms with Crippen molar-refractivity contribution >= 4 is 28.2 Å². The van der Waals surface area contributed by atoms with Gasteiger partial charge < -0.3 is 14.8 Å². The fraction of sp³-hybridized carbons (Fsp3) is 0.0833. The predicted octanol–water partition coefficient (Wildman–Crippen LogP) is 5.48. The number of benzene rings is 3. The van der Waals surface area contributed by atoms with Crippen LogP contribution in [0.3, 0.4) is 0 Å². The summed E-state index contributed by atoms with van der Waals surface area (Å²) in [6, 6.07) is 23.5. The lowest BCUT2D eigenvalue weighted by Crippen LogP contribution is -2.06. The second-order valence-corrected chi connectivity index (χ2v) is 6.61. The van der Waals surface area contributed by atoms with Crippen molar-refractivity contribution in [1.82, 2.24) is 4.98 Å². The van der Waals surface area contributed by atoms with Crippen LogP contribution >= 0.6 is 0 Å². The highest BCUT2D eigenvalue weighted by Crippen LogP contribution is 2.29. The maximum Gasteiger partial charge on any atom is 0.356 e. The number of rotatable bonds is 6. The number of halogens is 1. The van der Waals surface area contributed by atoms with Crippen molar-refractivity contribution in [2.45, 2.75) is 6.61 Å². The van der Waals surface area contributed by atoms with Crippen molar-refractivity contribution in [1.29, 1.82) is 0 Å². The second kappa shape index (κ2) is 8.61. The van der Waals surface area contributed by atoms with Crippen LogP contribution in [-0.4, -0.2) is 18.1 Å². The summed E-state index contributed by atoms with van der Waals surface area (Å²) < 4.78 is 24.8. The first-order valence-corrected chi connectivity index (χ1v) is 9.35. The van der Waals surface area contributed by atoms with E-state index in [1.165, 1.54) is 13.2 Å². The van der Waals surface area contributed by atoms with Crippen LogP contribution in [0.15, 0.2) is 78.9 Å². The molecule has 6 heteroatoms. The van der Waals surface area contributed by atoms with E-state index in [2.05, 4.69) is 10.3 Å².